The number of nitrogens with zero attached hydrogens (tertiary/aromatic N) is 2. The number of furan rings is 1. The summed E-state index contributed by atoms with van der Waals surface area (Å²) in [4.78, 5) is 24.8. The molecule has 2 heterocycles. The van der Waals surface area contributed by atoms with Crippen molar-refractivity contribution >= 4 is 29.2 Å². The quantitative estimate of drug-likeness (QED) is 0.493. The first kappa shape index (κ1) is 21.6. The van der Waals surface area contributed by atoms with Crippen LogP contribution in [0.5, 0.6) is 5.75 Å². The summed E-state index contributed by atoms with van der Waals surface area (Å²) in [5.74, 6) is -1.46. The van der Waals surface area contributed by atoms with Crippen molar-refractivity contribution in [2.45, 2.75) is 12.5 Å². The number of carbonyl (C=O) groups is 2. The van der Waals surface area contributed by atoms with Crippen LogP contribution >= 0.6 is 11.6 Å². The number of hydrazone groups is 1. The summed E-state index contributed by atoms with van der Waals surface area (Å²) in [6, 6.07) is 15.8. The van der Waals surface area contributed by atoms with E-state index >= 15 is 0 Å². The first-order valence-corrected chi connectivity index (χ1v) is 10.1. The molecule has 1 aromatic heterocycles. The van der Waals surface area contributed by atoms with E-state index in [0.29, 0.717) is 22.9 Å². The van der Waals surface area contributed by atoms with Crippen molar-refractivity contribution in [3.8, 4) is 5.75 Å². The molecule has 0 radical (unpaired) electrons. The molecule has 0 spiro atoms. The van der Waals surface area contributed by atoms with Gasteiger partial charge in [-0.1, -0.05) is 35.9 Å². The highest BCUT2D eigenvalue weighted by Crippen LogP contribution is 2.33. The smallest absolute Gasteiger partial charge is 0.344 e. The molecule has 2 aromatic carbocycles. The van der Waals surface area contributed by atoms with E-state index in [1.54, 1.807) is 30.3 Å². The Bertz CT molecular complexity index is 1130. The number of esters is 1. The van der Waals surface area contributed by atoms with Crippen LogP contribution in [0.25, 0.3) is 0 Å². The highest BCUT2D eigenvalue weighted by molar-refractivity contribution is 6.30. The highest BCUT2D eigenvalue weighted by Gasteiger charge is 2.35. The van der Waals surface area contributed by atoms with Gasteiger partial charge in [-0.05, 0) is 42.0 Å². The predicted octanol–water partition coefficient (Wildman–Crippen LogP) is 4.37. The van der Waals surface area contributed by atoms with Crippen molar-refractivity contribution in [1.82, 2.24) is 5.01 Å². The second-order valence-corrected chi connectivity index (χ2v) is 7.34. The molecule has 7 nitrogen and oxygen atoms in total. The molecule has 0 bridgehead atoms. The maximum absolute atomic E-state index is 13.6. The third-order valence-electron chi connectivity index (χ3n) is 4.75. The summed E-state index contributed by atoms with van der Waals surface area (Å²) in [6.07, 6.45) is 1.93. The van der Waals surface area contributed by atoms with Crippen LogP contribution < -0.4 is 4.74 Å². The minimum absolute atomic E-state index is 0.0783. The van der Waals surface area contributed by atoms with Gasteiger partial charge < -0.3 is 13.9 Å². The van der Waals surface area contributed by atoms with Gasteiger partial charge in [-0.25, -0.2) is 14.2 Å². The molecule has 0 saturated carbocycles. The van der Waals surface area contributed by atoms with E-state index < -0.39 is 36.9 Å². The minimum Gasteiger partial charge on any atom is -0.479 e. The van der Waals surface area contributed by atoms with E-state index in [2.05, 4.69) is 5.10 Å². The average Bonchev–Trinajstić information content (AvgIpc) is 3.47. The standard InChI is InChI=1S/C23H18ClFN2O5/c24-16-9-7-15(8-10-16)18-12-19(21-6-3-11-30-21)27(26-18)22(28)13-32-23(29)14-31-20-5-2-1-4-17(20)25/h1-11,19H,12-14H2. The average molecular weight is 457 g/mol. The number of benzene rings is 2. The van der Waals surface area contributed by atoms with Gasteiger partial charge in [0.1, 0.15) is 11.8 Å². The van der Waals surface area contributed by atoms with Gasteiger partial charge in [0.15, 0.2) is 24.8 Å². The van der Waals surface area contributed by atoms with Crippen molar-refractivity contribution in [3.05, 3.63) is 89.1 Å². The van der Waals surface area contributed by atoms with Gasteiger partial charge in [-0.3, -0.25) is 4.79 Å². The Morgan fingerprint density at radius 3 is 2.59 bits per heavy atom. The molecule has 1 aliphatic rings. The minimum atomic E-state index is -0.808. The molecule has 1 aliphatic heterocycles. The first-order chi connectivity index (χ1) is 15.5. The normalized spacial score (nSPS) is 15.4. The second-order valence-electron chi connectivity index (χ2n) is 6.91. The van der Waals surface area contributed by atoms with Crippen LogP contribution in [0.1, 0.15) is 23.8 Å². The molecule has 0 saturated heterocycles. The SMILES string of the molecule is O=C(COc1ccccc1F)OCC(=O)N1N=C(c2ccc(Cl)cc2)CC1c1ccco1. The highest BCUT2D eigenvalue weighted by atomic mass is 35.5. The van der Waals surface area contributed by atoms with Crippen LogP contribution in [0.15, 0.2) is 76.4 Å². The summed E-state index contributed by atoms with van der Waals surface area (Å²) in [6.45, 7) is -1.08. The van der Waals surface area contributed by atoms with Crippen LogP contribution in [0.2, 0.25) is 5.02 Å². The third-order valence-corrected chi connectivity index (χ3v) is 5.01. The van der Waals surface area contributed by atoms with Crippen LogP contribution in [-0.4, -0.2) is 35.8 Å². The molecular weight excluding hydrogens is 439 g/mol. The van der Waals surface area contributed by atoms with Crippen molar-refractivity contribution < 1.29 is 27.9 Å². The lowest BCUT2D eigenvalue weighted by molar-refractivity contribution is -0.154. The molecule has 1 unspecified atom stereocenters. The summed E-state index contributed by atoms with van der Waals surface area (Å²) >= 11 is 5.95. The first-order valence-electron chi connectivity index (χ1n) is 9.73. The van der Waals surface area contributed by atoms with Gasteiger partial charge in [0.2, 0.25) is 0 Å². The zero-order valence-electron chi connectivity index (χ0n) is 16.7. The topological polar surface area (TPSA) is 81.3 Å². The van der Waals surface area contributed by atoms with Gasteiger partial charge >= 0.3 is 5.97 Å². The molecule has 0 fully saturated rings. The summed E-state index contributed by atoms with van der Waals surface area (Å²) < 4.78 is 29.1. The summed E-state index contributed by atoms with van der Waals surface area (Å²) in [5.41, 5.74) is 1.49. The van der Waals surface area contributed by atoms with Crippen LogP contribution in [0.3, 0.4) is 0 Å². The van der Waals surface area contributed by atoms with Crippen LogP contribution in [0.4, 0.5) is 4.39 Å². The Balaban J connectivity index is 1.41. The van der Waals surface area contributed by atoms with Gasteiger partial charge in [0.05, 0.1) is 12.0 Å². The lowest BCUT2D eigenvalue weighted by atomic mass is 10.0. The molecular formula is C23H18ClFN2O5. The largest absolute Gasteiger partial charge is 0.479 e. The molecule has 164 valence electrons. The van der Waals surface area contributed by atoms with Gasteiger partial charge in [0, 0.05) is 11.4 Å². The monoisotopic (exact) mass is 456 g/mol. The summed E-state index contributed by atoms with van der Waals surface area (Å²) in [5, 5.41) is 6.27. The Morgan fingerprint density at radius 1 is 1.09 bits per heavy atom. The number of hydrogen-bond donors (Lipinski definition) is 0. The fourth-order valence-electron chi connectivity index (χ4n) is 3.21. The lowest BCUT2D eigenvalue weighted by Crippen LogP contribution is -2.32. The number of rotatable bonds is 7. The molecule has 0 aliphatic carbocycles. The number of ether oxygens (including phenoxy) is 2. The Labute approximate surface area is 188 Å². The molecule has 0 N–H and O–H groups in total. The molecule has 32 heavy (non-hydrogen) atoms. The fourth-order valence-corrected chi connectivity index (χ4v) is 3.33. The predicted molar refractivity (Wildman–Crippen MR) is 114 cm³/mol. The van der Waals surface area contributed by atoms with Crippen LogP contribution in [-0.2, 0) is 14.3 Å². The third kappa shape index (κ3) is 4.97. The number of carbonyl (C=O) groups excluding carboxylic acids is 2. The maximum atomic E-state index is 13.6. The number of hydrogen-bond acceptors (Lipinski definition) is 6. The Hall–Kier alpha value is -3.65. The number of amides is 1. The molecule has 1 amide bonds. The van der Waals surface area contributed by atoms with Crippen molar-refractivity contribution in [1.29, 1.82) is 0 Å². The number of halogens is 2. The van der Waals surface area contributed by atoms with Crippen molar-refractivity contribution in [3.63, 3.8) is 0 Å². The lowest BCUT2D eigenvalue weighted by Gasteiger charge is -2.19. The van der Waals surface area contributed by atoms with E-state index in [1.165, 1.54) is 29.5 Å². The zero-order valence-corrected chi connectivity index (χ0v) is 17.5. The Kier molecular flexibility index (Phi) is 6.51. The van der Waals surface area contributed by atoms with E-state index in [-0.39, 0.29) is 5.75 Å². The molecule has 1 atom stereocenters. The maximum Gasteiger partial charge on any atom is 0.344 e. The molecule has 3 aromatic rings. The van der Waals surface area contributed by atoms with Crippen molar-refractivity contribution in [2.24, 2.45) is 5.10 Å². The fraction of sp³-hybridized carbons (Fsp3) is 0.174. The van der Waals surface area contributed by atoms with E-state index in [0.717, 1.165) is 5.56 Å². The van der Waals surface area contributed by atoms with E-state index in [9.17, 15) is 14.0 Å². The van der Waals surface area contributed by atoms with Crippen molar-refractivity contribution in [2.75, 3.05) is 13.2 Å². The summed E-state index contributed by atoms with van der Waals surface area (Å²) in [7, 11) is 0. The van der Waals surface area contributed by atoms with Gasteiger partial charge in [-0.15, -0.1) is 0 Å². The van der Waals surface area contributed by atoms with E-state index in [1.807, 2.05) is 12.1 Å². The van der Waals surface area contributed by atoms with Gasteiger partial charge in [-0.2, -0.15) is 5.10 Å². The van der Waals surface area contributed by atoms with Gasteiger partial charge in [0.25, 0.3) is 5.91 Å². The Morgan fingerprint density at radius 2 is 1.88 bits per heavy atom. The van der Waals surface area contributed by atoms with Crippen LogP contribution in [0, 0.1) is 5.82 Å². The molecule has 4 rings (SSSR count). The van der Waals surface area contributed by atoms with E-state index in [4.69, 9.17) is 25.5 Å². The zero-order chi connectivity index (χ0) is 22.5. The second kappa shape index (κ2) is 9.65. The molecule has 9 heteroatoms. The number of para-hydroxylation sites is 1.